The van der Waals surface area contributed by atoms with Crippen molar-refractivity contribution >= 4 is 34.7 Å². The fourth-order valence-corrected chi connectivity index (χ4v) is 3.05. The van der Waals surface area contributed by atoms with Gasteiger partial charge in [-0.2, -0.15) is 5.10 Å². The summed E-state index contributed by atoms with van der Waals surface area (Å²) in [4.78, 5) is 12.0. The maximum absolute atomic E-state index is 12.0. The molecule has 7 heteroatoms. The van der Waals surface area contributed by atoms with Gasteiger partial charge in [-0.3, -0.25) is 4.79 Å². The number of methoxy groups -OCH3 is 1. The van der Waals surface area contributed by atoms with E-state index in [0.717, 1.165) is 11.1 Å². The van der Waals surface area contributed by atoms with Crippen molar-refractivity contribution in [1.82, 2.24) is 5.43 Å². The molecule has 6 nitrogen and oxygen atoms in total. The largest absolute Gasteiger partial charge is 0.504 e. The molecule has 2 aromatic rings. The van der Waals surface area contributed by atoms with Gasteiger partial charge in [-0.1, -0.05) is 26.0 Å². The van der Waals surface area contributed by atoms with Crippen LogP contribution in [0.2, 0.25) is 0 Å². The second-order valence-electron chi connectivity index (χ2n) is 6.33. The molecule has 27 heavy (non-hydrogen) atoms. The topological polar surface area (TPSA) is 80.2 Å². The summed E-state index contributed by atoms with van der Waals surface area (Å²) in [5, 5.41) is 13.8. The predicted molar refractivity (Wildman–Crippen MR) is 114 cm³/mol. The van der Waals surface area contributed by atoms with Crippen molar-refractivity contribution in [2.24, 2.45) is 5.10 Å². The van der Waals surface area contributed by atoms with Crippen LogP contribution in [-0.4, -0.2) is 30.9 Å². The predicted octanol–water partition coefficient (Wildman–Crippen LogP) is 3.97. The molecule has 0 bridgehead atoms. The van der Waals surface area contributed by atoms with Gasteiger partial charge in [0.05, 0.1) is 16.9 Å². The maximum Gasteiger partial charge on any atom is 0.277 e. The number of carbonyl (C=O) groups is 1. The number of nitrogens with zero attached hydrogens (tertiary/aromatic N) is 1. The zero-order valence-electron chi connectivity index (χ0n) is 15.7. The molecule has 0 aromatic heterocycles. The molecule has 2 rings (SSSR count). The number of aromatic hydroxyl groups is 1. The Balaban J connectivity index is 1.97. The molecule has 0 heterocycles. The lowest BCUT2D eigenvalue weighted by Gasteiger charge is -2.14. The standard InChI is InChI=1S/C20H23IN2O4/c1-12(2)15-6-5-13(3)7-17(15)27-11-19(24)23-22-10-14-8-16(21)20(25)18(9-14)26-4/h5-10,12,25H,11H2,1-4H3,(H,23,24). The zero-order valence-corrected chi connectivity index (χ0v) is 17.9. The van der Waals surface area contributed by atoms with Crippen molar-refractivity contribution in [3.05, 3.63) is 50.6 Å². The Morgan fingerprint density at radius 2 is 2.04 bits per heavy atom. The Hall–Kier alpha value is -2.29. The average molecular weight is 482 g/mol. The fraction of sp³-hybridized carbons (Fsp3) is 0.300. The molecule has 0 saturated heterocycles. The molecule has 0 saturated carbocycles. The Labute approximate surface area is 172 Å². The van der Waals surface area contributed by atoms with Gasteiger partial charge < -0.3 is 14.6 Å². The highest BCUT2D eigenvalue weighted by Gasteiger charge is 2.10. The molecule has 0 aliphatic rings. The number of carbonyl (C=O) groups excluding carboxylic acids is 1. The lowest BCUT2D eigenvalue weighted by atomic mass is 10.0. The quantitative estimate of drug-likeness (QED) is 0.356. The van der Waals surface area contributed by atoms with Gasteiger partial charge >= 0.3 is 0 Å². The molecule has 144 valence electrons. The summed E-state index contributed by atoms with van der Waals surface area (Å²) >= 11 is 2.00. The lowest BCUT2D eigenvalue weighted by Crippen LogP contribution is -2.25. The number of phenols is 1. The molecular formula is C20H23IN2O4. The minimum atomic E-state index is -0.358. The Morgan fingerprint density at radius 3 is 2.70 bits per heavy atom. The van der Waals surface area contributed by atoms with Gasteiger partial charge in [0, 0.05) is 0 Å². The van der Waals surface area contributed by atoms with Crippen LogP contribution in [-0.2, 0) is 4.79 Å². The summed E-state index contributed by atoms with van der Waals surface area (Å²) in [6.45, 7) is 6.01. The van der Waals surface area contributed by atoms with E-state index in [-0.39, 0.29) is 18.3 Å². The SMILES string of the molecule is COc1cc(C=NNC(=O)COc2cc(C)ccc2C(C)C)cc(I)c1O. The molecule has 1 amide bonds. The van der Waals surface area contributed by atoms with Crippen LogP contribution in [0.5, 0.6) is 17.2 Å². The second-order valence-corrected chi connectivity index (χ2v) is 7.49. The number of phenolic OH excluding ortho intramolecular Hbond substituents is 1. The van der Waals surface area contributed by atoms with Crippen LogP contribution in [0.1, 0.15) is 36.5 Å². The average Bonchev–Trinajstić information content (AvgIpc) is 2.62. The minimum Gasteiger partial charge on any atom is -0.504 e. The first kappa shape index (κ1) is 21.0. The monoisotopic (exact) mass is 482 g/mol. The number of halogens is 1. The number of amides is 1. The van der Waals surface area contributed by atoms with E-state index in [4.69, 9.17) is 9.47 Å². The van der Waals surface area contributed by atoms with E-state index >= 15 is 0 Å². The third-order valence-electron chi connectivity index (χ3n) is 3.82. The fourth-order valence-electron chi connectivity index (χ4n) is 2.42. The highest BCUT2D eigenvalue weighted by Crippen LogP contribution is 2.31. The Kier molecular flexibility index (Phi) is 7.46. The van der Waals surface area contributed by atoms with Crippen LogP contribution in [0.25, 0.3) is 0 Å². The number of nitrogens with one attached hydrogen (secondary N) is 1. The summed E-state index contributed by atoms with van der Waals surface area (Å²) in [6.07, 6.45) is 1.48. The third kappa shape index (κ3) is 5.85. The number of hydrogen-bond acceptors (Lipinski definition) is 5. The van der Waals surface area contributed by atoms with Crippen LogP contribution in [0, 0.1) is 10.5 Å². The molecule has 0 spiro atoms. The van der Waals surface area contributed by atoms with Gasteiger partial charge in [0.25, 0.3) is 5.91 Å². The molecule has 0 fully saturated rings. The van der Waals surface area contributed by atoms with E-state index in [1.54, 1.807) is 12.1 Å². The van der Waals surface area contributed by atoms with Crippen molar-refractivity contribution in [2.75, 3.05) is 13.7 Å². The second kappa shape index (κ2) is 9.59. The van der Waals surface area contributed by atoms with E-state index in [0.29, 0.717) is 26.6 Å². The zero-order chi connectivity index (χ0) is 20.0. The number of ether oxygens (including phenoxy) is 2. The molecule has 0 aliphatic heterocycles. The van der Waals surface area contributed by atoms with Gasteiger partial charge in [0.2, 0.25) is 0 Å². The molecule has 0 aliphatic carbocycles. The smallest absolute Gasteiger partial charge is 0.277 e. The number of hydrogen-bond donors (Lipinski definition) is 2. The minimum absolute atomic E-state index is 0.0757. The molecule has 2 N–H and O–H groups in total. The van der Waals surface area contributed by atoms with Gasteiger partial charge in [0.1, 0.15) is 5.75 Å². The molecular weight excluding hydrogens is 459 g/mol. The van der Waals surface area contributed by atoms with E-state index < -0.39 is 0 Å². The molecule has 0 unspecified atom stereocenters. The maximum atomic E-state index is 12.0. The number of aryl methyl sites for hydroxylation is 1. The van der Waals surface area contributed by atoms with E-state index in [2.05, 4.69) is 24.4 Å². The summed E-state index contributed by atoms with van der Waals surface area (Å²) in [7, 11) is 1.47. The highest BCUT2D eigenvalue weighted by atomic mass is 127. The van der Waals surface area contributed by atoms with Crippen LogP contribution in [0.3, 0.4) is 0 Å². The van der Waals surface area contributed by atoms with E-state index in [1.165, 1.54) is 13.3 Å². The van der Waals surface area contributed by atoms with E-state index in [1.807, 2.05) is 47.7 Å². The lowest BCUT2D eigenvalue weighted by molar-refractivity contribution is -0.123. The number of rotatable bonds is 7. The van der Waals surface area contributed by atoms with Crippen molar-refractivity contribution in [3.8, 4) is 17.2 Å². The normalized spacial score (nSPS) is 11.0. The van der Waals surface area contributed by atoms with Crippen LogP contribution < -0.4 is 14.9 Å². The summed E-state index contributed by atoms with van der Waals surface area (Å²) in [5.41, 5.74) is 5.26. The van der Waals surface area contributed by atoms with Gasteiger partial charge in [-0.25, -0.2) is 5.43 Å². The van der Waals surface area contributed by atoms with Gasteiger partial charge in [-0.15, -0.1) is 0 Å². The summed E-state index contributed by atoms with van der Waals surface area (Å²) in [6, 6.07) is 9.33. The number of benzene rings is 2. The van der Waals surface area contributed by atoms with Gasteiger partial charge in [0.15, 0.2) is 18.1 Å². The Morgan fingerprint density at radius 1 is 1.30 bits per heavy atom. The highest BCUT2D eigenvalue weighted by molar-refractivity contribution is 14.1. The van der Waals surface area contributed by atoms with Crippen LogP contribution >= 0.6 is 22.6 Å². The first-order valence-corrected chi connectivity index (χ1v) is 9.51. The molecule has 2 aromatic carbocycles. The van der Waals surface area contributed by atoms with Crippen LogP contribution in [0.15, 0.2) is 35.4 Å². The van der Waals surface area contributed by atoms with Crippen molar-refractivity contribution in [3.63, 3.8) is 0 Å². The van der Waals surface area contributed by atoms with Crippen molar-refractivity contribution in [1.29, 1.82) is 0 Å². The van der Waals surface area contributed by atoms with Gasteiger partial charge in [-0.05, 0) is 70.3 Å². The first-order valence-electron chi connectivity index (χ1n) is 8.43. The molecule has 0 radical (unpaired) electrons. The number of hydrazone groups is 1. The molecule has 0 atom stereocenters. The van der Waals surface area contributed by atoms with Crippen molar-refractivity contribution in [2.45, 2.75) is 26.7 Å². The summed E-state index contributed by atoms with van der Waals surface area (Å²) in [5.74, 6) is 1.07. The Bertz CT molecular complexity index is 850. The third-order valence-corrected chi connectivity index (χ3v) is 4.65. The first-order chi connectivity index (χ1) is 12.8. The van der Waals surface area contributed by atoms with E-state index in [9.17, 15) is 9.90 Å². The van der Waals surface area contributed by atoms with Crippen molar-refractivity contribution < 1.29 is 19.4 Å². The summed E-state index contributed by atoms with van der Waals surface area (Å²) < 4.78 is 11.4. The van der Waals surface area contributed by atoms with Crippen LogP contribution in [0.4, 0.5) is 0 Å².